The summed E-state index contributed by atoms with van der Waals surface area (Å²) < 4.78 is 13.3. The van der Waals surface area contributed by atoms with Crippen molar-refractivity contribution < 1.29 is 0 Å². The number of nitrogens with one attached hydrogen (secondary N) is 5. The van der Waals surface area contributed by atoms with E-state index in [9.17, 15) is 0 Å². The number of para-hydroxylation sites is 1. The van der Waals surface area contributed by atoms with Crippen molar-refractivity contribution in [2.24, 2.45) is 0 Å². The second-order valence-electron chi connectivity index (χ2n) is 33.8. The minimum absolute atomic E-state index is 1.09. The molecule has 0 atom stereocenters. The number of hydrogen-bond acceptors (Lipinski definition) is 10. The topological polar surface area (TPSA) is 60.1 Å². The number of hydrogen-bond donors (Lipinski definition) is 5. The molecule has 0 saturated heterocycles. The summed E-state index contributed by atoms with van der Waals surface area (Å²) in [5.41, 5.74) is 21.0. The Labute approximate surface area is 808 Å². The highest BCUT2D eigenvalue weighted by Gasteiger charge is 2.16. The molecule has 5 heterocycles. The van der Waals surface area contributed by atoms with Crippen molar-refractivity contribution in [2.75, 3.05) is 26.6 Å². The zero-order valence-corrected chi connectivity index (χ0v) is 78.0. The number of fused-ring (bicyclic) bond motifs is 19. The fourth-order valence-electron chi connectivity index (χ4n) is 18.3. The van der Waals surface area contributed by atoms with Gasteiger partial charge in [-0.1, -0.05) is 309 Å². The third-order valence-electron chi connectivity index (χ3n) is 24.9. The number of thiophene rings is 5. The standard InChI is InChI=1S/C30H21NS.C28H19NS.C26H17NS.C24H17NS.C18H13NS/c1-3-9-21(10-4-1)23-17-24(22-11-5-2-6-12-22)19-26(18-23)31-25-15-16-30-28(20-25)27-13-7-8-14-29(27)32-30;1-2-6-19(7-3-1)20-10-11-22-17-23(13-12-21(22)16-20)29-24-14-15-28-26(18-24)25-8-4-5-9-27(25)30-28;1-2-8-19-17(7-1)15-24(21-10-4-3-9-20(19)21)27-18-13-14-26-23(16-18)22-11-5-6-12-25(22)28-26;1-2-6-17(7-3-1)18-10-12-19(13-11-18)25-20-14-15-24-22(16-20)21-8-4-5-9-23(21)26-24;1-2-6-13(7-3-1)19-14-10-11-18-16(12-14)15-8-4-5-9-17(15)20-18/h1-20,31H;1-18,29H;1-16,27H;1-16,25H;1-12,19H. The highest BCUT2D eigenvalue weighted by molar-refractivity contribution is 7.27. The van der Waals surface area contributed by atoms with Crippen LogP contribution in [0.15, 0.2) is 497 Å². The molecule has 0 spiro atoms. The first-order valence-electron chi connectivity index (χ1n) is 45.7. The second-order valence-corrected chi connectivity index (χ2v) is 39.3. The molecule has 0 aliphatic heterocycles. The van der Waals surface area contributed by atoms with E-state index in [1.165, 1.54) is 178 Å². The monoisotopic (exact) mass is 1830 g/mol. The fraction of sp³-hybridized carbons (Fsp3) is 0. The van der Waals surface area contributed by atoms with E-state index >= 15 is 0 Å². The van der Waals surface area contributed by atoms with Crippen LogP contribution in [-0.4, -0.2) is 0 Å². The molecular weight excluding hydrogens is 1740 g/mol. The summed E-state index contributed by atoms with van der Waals surface area (Å²) in [4.78, 5) is 0. The summed E-state index contributed by atoms with van der Waals surface area (Å²) in [6, 6.07) is 177. The summed E-state index contributed by atoms with van der Waals surface area (Å²) in [5.74, 6) is 0. The fourth-order valence-corrected chi connectivity index (χ4v) is 23.8. The van der Waals surface area contributed by atoms with E-state index in [0.29, 0.717) is 0 Å². The minimum Gasteiger partial charge on any atom is -0.356 e. The smallest absolute Gasteiger partial charge is 0.0470 e. The Morgan fingerprint density at radius 2 is 0.368 bits per heavy atom. The Hall–Kier alpha value is -16.3. The lowest BCUT2D eigenvalue weighted by Crippen LogP contribution is -1.92. The van der Waals surface area contributed by atoms with E-state index in [0.717, 1.165) is 56.9 Å². The number of anilines is 10. The molecule has 646 valence electrons. The Morgan fingerprint density at radius 3 is 0.779 bits per heavy atom. The maximum atomic E-state index is 3.69. The lowest BCUT2D eigenvalue weighted by atomic mass is 9.98. The van der Waals surface area contributed by atoms with Crippen molar-refractivity contribution in [1.29, 1.82) is 0 Å². The molecule has 10 heteroatoms. The second kappa shape index (κ2) is 38.1. The van der Waals surface area contributed by atoms with Gasteiger partial charge in [-0.05, 0) is 259 Å². The largest absolute Gasteiger partial charge is 0.356 e. The van der Waals surface area contributed by atoms with E-state index in [2.05, 4.69) is 500 Å². The Kier molecular flexibility index (Phi) is 23.6. The number of benzene rings is 22. The van der Waals surface area contributed by atoms with Crippen LogP contribution in [0.4, 0.5) is 56.9 Å². The molecule has 0 unspecified atom stereocenters. The molecule has 0 aliphatic rings. The van der Waals surface area contributed by atoms with Crippen LogP contribution >= 0.6 is 56.7 Å². The molecule has 0 fully saturated rings. The van der Waals surface area contributed by atoms with Gasteiger partial charge >= 0.3 is 0 Å². The van der Waals surface area contributed by atoms with Crippen molar-refractivity contribution in [2.45, 2.75) is 0 Å². The molecular formula is C126H87N5S5. The molecule has 0 aliphatic carbocycles. The van der Waals surface area contributed by atoms with E-state index in [-0.39, 0.29) is 0 Å². The van der Waals surface area contributed by atoms with Gasteiger partial charge in [-0.3, -0.25) is 0 Å². The highest BCUT2D eigenvalue weighted by atomic mass is 32.1. The summed E-state index contributed by atoms with van der Waals surface area (Å²) in [5, 5.41) is 38.7. The average Bonchev–Trinajstić information content (AvgIpc) is 1.43. The van der Waals surface area contributed by atoms with Crippen molar-refractivity contribution in [1.82, 2.24) is 0 Å². The average molecular weight is 1830 g/mol. The van der Waals surface area contributed by atoms with Crippen LogP contribution in [0.25, 0.3) is 178 Å². The van der Waals surface area contributed by atoms with Gasteiger partial charge in [0, 0.05) is 163 Å². The Balaban J connectivity index is 0.0000000963. The molecule has 5 N–H and O–H groups in total. The van der Waals surface area contributed by atoms with Gasteiger partial charge < -0.3 is 26.6 Å². The lowest BCUT2D eigenvalue weighted by Gasteiger charge is -2.13. The normalized spacial score (nSPS) is 11.2. The molecule has 27 rings (SSSR count). The Morgan fingerprint density at radius 1 is 0.110 bits per heavy atom. The van der Waals surface area contributed by atoms with Crippen LogP contribution < -0.4 is 26.6 Å². The minimum atomic E-state index is 1.09. The molecule has 0 radical (unpaired) electrons. The van der Waals surface area contributed by atoms with Gasteiger partial charge in [0.05, 0.1) is 0 Å². The van der Waals surface area contributed by atoms with Crippen molar-refractivity contribution >= 4 is 247 Å². The van der Waals surface area contributed by atoms with Crippen molar-refractivity contribution in [3.63, 3.8) is 0 Å². The first-order chi connectivity index (χ1) is 67.3. The molecule has 27 aromatic rings. The van der Waals surface area contributed by atoms with Crippen LogP contribution in [0.5, 0.6) is 0 Å². The zero-order valence-electron chi connectivity index (χ0n) is 73.9. The molecule has 22 aromatic carbocycles. The predicted octanol–water partition coefficient (Wildman–Crippen LogP) is 39.1. The zero-order chi connectivity index (χ0) is 90.5. The molecule has 5 nitrogen and oxygen atoms in total. The van der Waals surface area contributed by atoms with Gasteiger partial charge in [-0.2, -0.15) is 0 Å². The van der Waals surface area contributed by atoms with Gasteiger partial charge in [0.1, 0.15) is 0 Å². The highest BCUT2D eigenvalue weighted by Crippen LogP contribution is 2.45. The van der Waals surface area contributed by atoms with Gasteiger partial charge in [-0.15, -0.1) is 56.7 Å². The van der Waals surface area contributed by atoms with Crippen molar-refractivity contribution in [3.8, 4) is 44.5 Å². The summed E-state index contributed by atoms with van der Waals surface area (Å²) in [6.45, 7) is 0. The Bertz CT molecular complexity index is 8960. The molecule has 5 aromatic heterocycles. The van der Waals surface area contributed by atoms with Crippen LogP contribution in [-0.2, 0) is 0 Å². The van der Waals surface area contributed by atoms with E-state index in [4.69, 9.17) is 0 Å². The maximum absolute atomic E-state index is 3.69. The summed E-state index contributed by atoms with van der Waals surface area (Å²) in [6.07, 6.45) is 0. The SMILES string of the molecule is c1ccc(-c2cc(Nc3ccc4sc5ccccc5c4c3)cc(-c3ccccc3)c2)cc1.c1ccc(-c2ccc(Nc3ccc4sc5ccccc5c4c3)cc2)cc1.c1ccc(-c2ccc3cc(Nc4ccc5sc6ccccc6c5c4)ccc3c2)cc1.c1ccc(Nc2ccc3sc4ccccc4c3c2)cc1.c1ccc2c(c1)cc(Nc1ccc3sc4ccccc4c3c1)c1ccccc12. The first kappa shape index (κ1) is 84.0. The molecule has 0 bridgehead atoms. The third kappa shape index (κ3) is 18.1. The van der Waals surface area contributed by atoms with E-state index in [1.807, 2.05) is 80.9 Å². The van der Waals surface area contributed by atoms with E-state index < -0.39 is 0 Å². The quantitative estimate of drug-likeness (QED) is 0.0703. The van der Waals surface area contributed by atoms with Crippen LogP contribution in [0.2, 0.25) is 0 Å². The van der Waals surface area contributed by atoms with Crippen LogP contribution in [0.3, 0.4) is 0 Å². The summed E-state index contributed by atoms with van der Waals surface area (Å²) in [7, 11) is 0. The summed E-state index contributed by atoms with van der Waals surface area (Å²) >= 11 is 9.25. The van der Waals surface area contributed by atoms with Gasteiger partial charge in [0.15, 0.2) is 0 Å². The first-order valence-corrected chi connectivity index (χ1v) is 49.8. The molecule has 0 saturated carbocycles. The molecule has 0 amide bonds. The maximum Gasteiger partial charge on any atom is 0.0470 e. The number of rotatable bonds is 14. The lowest BCUT2D eigenvalue weighted by molar-refractivity contribution is 1.54. The van der Waals surface area contributed by atoms with E-state index in [1.54, 1.807) is 0 Å². The van der Waals surface area contributed by atoms with Crippen LogP contribution in [0.1, 0.15) is 0 Å². The predicted molar refractivity (Wildman–Crippen MR) is 600 cm³/mol. The van der Waals surface area contributed by atoms with Gasteiger partial charge in [-0.25, -0.2) is 0 Å². The van der Waals surface area contributed by atoms with Crippen LogP contribution in [0, 0.1) is 0 Å². The molecule has 136 heavy (non-hydrogen) atoms. The van der Waals surface area contributed by atoms with Crippen molar-refractivity contribution in [3.05, 3.63) is 497 Å². The van der Waals surface area contributed by atoms with Gasteiger partial charge in [0.25, 0.3) is 0 Å². The van der Waals surface area contributed by atoms with Gasteiger partial charge in [0.2, 0.25) is 0 Å². The third-order valence-corrected chi connectivity index (χ3v) is 30.7.